The Morgan fingerprint density at radius 1 is 0.188 bits per heavy atom. The minimum atomic E-state index is -0.592. The highest BCUT2D eigenvalue weighted by Crippen LogP contribution is 2.54. The molecule has 5 aromatic carbocycles. The first-order chi connectivity index (χ1) is 60.6. The quantitative estimate of drug-likeness (QED) is 0.0235. The molecule has 5 aliphatic rings. The Balaban J connectivity index is 0.000000247. The van der Waals surface area contributed by atoms with E-state index < -0.39 is 29.8 Å². The molecule has 5 saturated carbocycles. The molecule has 0 saturated heterocycles. The molecule has 0 heterocycles. The van der Waals surface area contributed by atoms with Gasteiger partial charge in [0.25, 0.3) is 0 Å². The minimum absolute atomic E-state index is 0.334. The lowest BCUT2D eigenvalue weighted by molar-refractivity contribution is -0.144. The molecule has 0 amide bonds. The second-order valence-corrected chi connectivity index (χ2v) is 47.0. The van der Waals surface area contributed by atoms with Crippen LogP contribution in [0.2, 0.25) is 0 Å². The predicted molar refractivity (Wildman–Crippen MR) is 538 cm³/mol. The normalized spacial score (nSPS) is 15.9. The fourth-order valence-electron chi connectivity index (χ4n) is 19.0. The van der Waals surface area contributed by atoms with E-state index in [2.05, 4.69) is 225 Å². The molecule has 10 heteroatoms. The summed E-state index contributed by atoms with van der Waals surface area (Å²) < 4.78 is 0. The van der Waals surface area contributed by atoms with Crippen LogP contribution < -0.4 is 0 Å². The summed E-state index contributed by atoms with van der Waals surface area (Å²) in [5.41, 5.74) is 15.5. The highest BCUT2D eigenvalue weighted by molar-refractivity contribution is 5.79. The van der Waals surface area contributed by atoms with E-state index >= 15 is 0 Å². The smallest absolute Gasteiger partial charge is 0.309 e. The maximum Gasteiger partial charge on any atom is 0.309 e. The van der Waals surface area contributed by atoms with Gasteiger partial charge in [-0.05, 0) is 340 Å². The van der Waals surface area contributed by atoms with Crippen molar-refractivity contribution in [1.82, 2.24) is 0 Å². The number of aryl methyl sites for hydroxylation is 10. The maximum absolute atomic E-state index is 11.2. The second kappa shape index (κ2) is 55.2. The van der Waals surface area contributed by atoms with Gasteiger partial charge < -0.3 is 25.5 Å². The van der Waals surface area contributed by atoms with Gasteiger partial charge in [0, 0.05) is 0 Å². The molecule has 128 heavy (non-hydrogen) atoms. The summed E-state index contributed by atoms with van der Waals surface area (Å²) in [7, 11) is 0. The van der Waals surface area contributed by atoms with E-state index in [-0.39, 0.29) is 27.1 Å². The highest BCUT2D eigenvalue weighted by atomic mass is 16.4. The van der Waals surface area contributed by atoms with Crippen LogP contribution in [0, 0.1) is 54.1 Å². The molecule has 0 spiro atoms. The molecule has 0 atom stereocenters. The Kier molecular flexibility index (Phi) is 47.5. The molecule has 0 aliphatic heterocycles. The van der Waals surface area contributed by atoms with Gasteiger partial charge in [-0.2, -0.15) is 0 Å². The van der Waals surface area contributed by atoms with Gasteiger partial charge in [0.15, 0.2) is 0 Å². The molecule has 10 nitrogen and oxygen atoms in total. The average Bonchev–Trinajstić information content (AvgIpc) is 1.67. The number of hydrogen-bond donors (Lipinski definition) is 5. The number of aliphatic carboxylic acids is 5. The SMILES string of the molecule is CC(C)(C)CCCCCCc1ccccc1CCCCCC1(C(=O)O)CC1.CC(C)(C)CCCCCCc1ccccc1CCCCCCC1(C(=O)O)CC1.CC(C)(C)CCCCCc1ccccc1CCCCCC1(C(=O)O)CC1.CC(C)(C)CCCCc1ccccc1CCCCCC1(C(=O)O)CC1.CC(C)(C)CCCc1ccccc1CCCC1(C(=O)O)CC1. The van der Waals surface area contributed by atoms with Gasteiger partial charge >= 0.3 is 29.8 Å². The molecule has 5 fully saturated rings. The Labute approximate surface area is 782 Å². The van der Waals surface area contributed by atoms with Crippen molar-refractivity contribution in [2.24, 2.45) is 54.1 Å². The van der Waals surface area contributed by atoms with Crippen molar-refractivity contribution in [2.45, 2.75) is 476 Å². The van der Waals surface area contributed by atoms with Crippen molar-refractivity contribution >= 4 is 29.8 Å². The van der Waals surface area contributed by atoms with Crippen molar-refractivity contribution in [2.75, 3.05) is 0 Å². The number of rotatable bonds is 58. The second-order valence-electron chi connectivity index (χ2n) is 47.0. The van der Waals surface area contributed by atoms with Gasteiger partial charge in [-0.3, -0.25) is 24.0 Å². The topological polar surface area (TPSA) is 186 Å². The lowest BCUT2D eigenvalue weighted by atomic mass is 9.87. The summed E-state index contributed by atoms with van der Waals surface area (Å²) >= 11 is 0. The number of benzene rings is 5. The average molecular weight is 1760 g/mol. The van der Waals surface area contributed by atoms with E-state index in [1.165, 1.54) is 243 Å². The zero-order chi connectivity index (χ0) is 93.8. The van der Waals surface area contributed by atoms with Crippen LogP contribution in [0.4, 0.5) is 0 Å². The molecular weight excluding hydrogens is 1580 g/mol. The van der Waals surface area contributed by atoms with Crippen LogP contribution in [0.1, 0.15) is 468 Å². The monoisotopic (exact) mass is 1760 g/mol. The Morgan fingerprint density at radius 2 is 0.312 bits per heavy atom. The van der Waals surface area contributed by atoms with E-state index in [0.29, 0.717) is 27.1 Å². The van der Waals surface area contributed by atoms with E-state index in [1.54, 1.807) is 5.56 Å². The number of carbonyl (C=O) groups is 5. The fourth-order valence-corrected chi connectivity index (χ4v) is 19.0. The van der Waals surface area contributed by atoms with Crippen LogP contribution in [-0.2, 0) is 88.2 Å². The highest BCUT2D eigenvalue weighted by Gasteiger charge is 2.52. The molecule has 5 aromatic rings. The number of hydrogen-bond acceptors (Lipinski definition) is 5. The van der Waals surface area contributed by atoms with E-state index in [1.807, 2.05) is 0 Å². The van der Waals surface area contributed by atoms with Crippen LogP contribution in [-0.4, -0.2) is 55.4 Å². The summed E-state index contributed by atoms with van der Waals surface area (Å²) in [5.74, 6) is -2.89. The maximum atomic E-state index is 11.2. The van der Waals surface area contributed by atoms with Crippen LogP contribution in [0.15, 0.2) is 121 Å². The first-order valence-electron chi connectivity index (χ1n) is 52.1. The molecule has 5 N–H and O–H groups in total. The first kappa shape index (κ1) is 110. The number of carboxylic acid groups (broad SMARTS) is 5. The molecule has 0 radical (unpaired) electrons. The lowest BCUT2D eigenvalue weighted by Gasteiger charge is -2.18. The van der Waals surface area contributed by atoms with E-state index in [9.17, 15) is 49.5 Å². The van der Waals surface area contributed by atoms with Crippen molar-refractivity contribution in [3.63, 3.8) is 0 Å². The van der Waals surface area contributed by atoms with Crippen LogP contribution in [0.3, 0.4) is 0 Å². The molecule has 10 rings (SSSR count). The summed E-state index contributed by atoms with van der Waals surface area (Å²) in [5, 5.41) is 46.2. The van der Waals surface area contributed by atoms with Crippen molar-refractivity contribution in [3.8, 4) is 0 Å². The zero-order valence-electron chi connectivity index (χ0n) is 84.3. The molecule has 5 aliphatic carbocycles. The molecule has 718 valence electrons. The summed E-state index contributed by atoms with van der Waals surface area (Å²) in [6.07, 6.45) is 65.5. The largest absolute Gasteiger partial charge is 0.481 e. The first-order valence-corrected chi connectivity index (χ1v) is 52.1. The fraction of sp³-hybridized carbons (Fsp3) is 0.703. The molecule has 0 bridgehead atoms. The van der Waals surface area contributed by atoms with E-state index in [4.69, 9.17) is 0 Å². The van der Waals surface area contributed by atoms with Gasteiger partial charge in [0.05, 0.1) is 27.1 Å². The summed E-state index contributed by atoms with van der Waals surface area (Å²) in [4.78, 5) is 56.1. The Hall–Kier alpha value is -6.55. The van der Waals surface area contributed by atoms with Crippen molar-refractivity contribution in [1.29, 1.82) is 0 Å². The van der Waals surface area contributed by atoms with Crippen molar-refractivity contribution in [3.05, 3.63) is 177 Å². The standard InChI is InChI=1S/C26H42O2.C25H40O2.C24H38O2.C23H36O2.C20H30O2/c1-25(2,3)18-12-6-4-8-14-22-16-10-11-17-23(22)15-9-5-7-13-19-26(20-21-26)24(27)28;1-24(2,3)17-11-5-4-7-13-21-15-9-10-16-22(21)14-8-6-12-18-25(19-20-25)23(26)27;1-23(2,3)16-10-4-6-12-20-14-8-9-15-21(20)13-7-5-11-17-24(18-19-24)22(25)26;1-22(2,3)15-10-8-14-20-13-7-6-12-19(20)11-5-4-9-16-23(17-18-23)21(24)25;1-19(2,3)12-6-10-16-8-4-5-9-17(16)11-7-13-20(14-15-20)18(21)22/h10-11,16-17H,4-9,12-15,18-21H2,1-3H3,(H,27,28);9-10,15-16H,4-8,11-14,17-20H2,1-3H3,(H,26,27);8-9,14-15H,4-7,10-13,16-19H2,1-3H3,(H,25,26);6-7,12-13H,4-5,8-11,14-18H2,1-3H3,(H,24,25);4-5,8-9H,6-7,10-15H2,1-3H3,(H,21,22). The van der Waals surface area contributed by atoms with Gasteiger partial charge in [-0.1, -0.05) is 341 Å². The third-order valence-corrected chi connectivity index (χ3v) is 29.0. The van der Waals surface area contributed by atoms with Crippen LogP contribution in [0.5, 0.6) is 0 Å². The molecule has 0 aromatic heterocycles. The van der Waals surface area contributed by atoms with E-state index in [0.717, 1.165) is 180 Å². The lowest BCUT2D eigenvalue weighted by Crippen LogP contribution is -2.14. The Morgan fingerprint density at radius 3 is 0.492 bits per heavy atom. The van der Waals surface area contributed by atoms with Gasteiger partial charge in [0.2, 0.25) is 0 Å². The number of carboxylic acids is 5. The van der Waals surface area contributed by atoms with Gasteiger partial charge in [-0.15, -0.1) is 0 Å². The van der Waals surface area contributed by atoms with Crippen molar-refractivity contribution < 1.29 is 49.5 Å². The molecular formula is C118H186O10. The van der Waals surface area contributed by atoms with Gasteiger partial charge in [0.1, 0.15) is 0 Å². The predicted octanol–water partition coefficient (Wildman–Crippen LogP) is 33.2. The third-order valence-electron chi connectivity index (χ3n) is 29.0. The summed E-state index contributed by atoms with van der Waals surface area (Å²) in [6, 6.07) is 44.3. The van der Waals surface area contributed by atoms with Gasteiger partial charge in [-0.25, -0.2) is 0 Å². The minimum Gasteiger partial charge on any atom is -0.481 e. The zero-order valence-corrected chi connectivity index (χ0v) is 84.3. The van der Waals surface area contributed by atoms with Crippen LogP contribution >= 0.6 is 0 Å². The third kappa shape index (κ3) is 45.7. The Bertz CT molecular complexity index is 3980. The molecule has 0 unspecified atom stereocenters. The summed E-state index contributed by atoms with van der Waals surface area (Å²) in [6.45, 7) is 34.8. The van der Waals surface area contributed by atoms with Crippen LogP contribution in [0.25, 0.3) is 0 Å². The number of unbranched alkanes of at least 4 members (excludes halogenated alkanes) is 18.